The van der Waals surface area contributed by atoms with Gasteiger partial charge in [0.05, 0.1) is 5.69 Å². The van der Waals surface area contributed by atoms with Crippen LogP contribution in [0.25, 0.3) is 0 Å². The van der Waals surface area contributed by atoms with Crippen molar-refractivity contribution < 1.29 is 14.0 Å². The minimum absolute atomic E-state index is 0.0674. The van der Waals surface area contributed by atoms with E-state index in [1.165, 1.54) is 25.1 Å². The summed E-state index contributed by atoms with van der Waals surface area (Å²) in [6, 6.07) is 4.53. The van der Waals surface area contributed by atoms with E-state index in [0.29, 0.717) is 18.2 Å². The molecule has 0 spiro atoms. The number of amides is 2. The molecule has 1 heterocycles. The van der Waals surface area contributed by atoms with E-state index in [1.54, 1.807) is 0 Å². The summed E-state index contributed by atoms with van der Waals surface area (Å²) in [6.45, 7) is 2.32. The van der Waals surface area contributed by atoms with Crippen LogP contribution in [0.3, 0.4) is 0 Å². The van der Waals surface area contributed by atoms with Crippen LogP contribution in [-0.2, 0) is 9.59 Å². The van der Waals surface area contributed by atoms with Crippen LogP contribution < -0.4 is 16.0 Å². The molecule has 0 bridgehead atoms. The lowest BCUT2D eigenvalue weighted by atomic mass is 10.1. The highest BCUT2D eigenvalue weighted by Crippen LogP contribution is 2.20. The van der Waals surface area contributed by atoms with Gasteiger partial charge in [0.25, 0.3) is 0 Å². The third-order valence-electron chi connectivity index (χ3n) is 3.44. The Morgan fingerprint density at radius 2 is 2.19 bits per heavy atom. The summed E-state index contributed by atoms with van der Waals surface area (Å²) in [5.41, 5.74) is 0.544. The summed E-state index contributed by atoms with van der Waals surface area (Å²) in [5.74, 6) is -0.993. The molecule has 2 amide bonds. The molecule has 5 nitrogen and oxygen atoms in total. The molecule has 1 unspecified atom stereocenters. The van der Waals surface area contributed by atoms with E-state index < -0.39 is 5.82 Å². The van der Waals surface area contributed by atoms with Crippen LogP contribution in [0.1, 0.15) is 32.6 Å². The van der Waals surface area contributed by atoms with Gasteiger partial charge in [-0.25, -0.2) is 4.39 Å². The molecule has 1 aromatic carbocycles. The molecule has 1 aliphatic rings. The number of halogens is 1. The molecule has 0 aromatic heterocycles. The maximum absolute atomic E-state index is 13.5. The number of nitrogens with one attached hydrogen (secondary N) is 3. The van der Waals surface area contributed by atoms with Gasteiger partial charge in [-0.1, -0.05) is 0 Å². The van der Waals surface area contributed by atoms with Crippen molar-refractivity contribution in [3.8, 4) is 0 Å². The Morgan fingerprint density at radius 3 is 2.86 bits per heavy atom. The van der Waals surface area contributed by atoms with Crippen molar-refractivity contribution in [2.24, 2.45) is 0 Å². The molecule has 2 rings (SSSR count). The molecule has 6 heteroatoms. The van der Waals surface area contributed by atoms with Crippen molar-refractivity contribution in [2.45, 2.75) is 38.6 Å². The van der Waals surface area contributed by atoms with Gasteiger partial charge in [-0.15, -0.1) is 0 Å². The van der Waals surface area contributed by atoms with Gasteiger partial charge in [0, 0.05) is 25.1 Å². The van der Waals surface area contributed by atoms with Gasteiger partial charge < -0.3 is 16.0 Å². The molecule has 1 aromatic rings. The summed E-state index contributed by atoms with van der Waals surface area (Å²) in [7, 11) is 0. The third kappa shape index (κ3) is 4.82. The van der Waals surface area contributed by atoms with Crippen molar-refractivity contribution in [2.75, 3.05) is 17.2 Å². The van der Waals surface area contributed by atoms with Crippen LogP contribution in [0, 0.1) is 5.82 Å². The van der Waals surface area contributed by atoms with E-state index >= 15 is 0 Å². The first-order valence-corrected chi connectivity index (χ1v) is 7.15. The van der Waals surface area contributed by atoms with Gasteiger partial charge in [-0.05, 0) is 44.0 Å². The fraction of sp³-hybridized carbons (Fsp3) is 0.467. The Bertz CT molecular complexity index is 528. The van der Waals surface area contributed by atoms with E-state index in [1.807, 2.05) is 0 Å². The molecule has 1 atom stereocenters. The van der Waals surface area contributed by atoms with Crippen LogP contribution in [0.2, 0.25) is 0 Å². The smallest absolute Gasteiger partial charge is 0.224 e. The van der Waals surface area contributed by atoms with E-state index in [9.17, 15) is 14.0 Å². The van der Waals surface area contributed by atoms with Crippen LogP contribution in [0.4, 0.5) is 15.8 Å². The number of carbonyl (C=O) groups excluding carboxylic acids is 2. The first-order valence-electron chi connectivity index (χ1n) is 7.15. The second kappa shape index (κ2) is 7.17. The molecule has 0 radical (unpaired) electrons. The van der Waals surface area contributed by atoms with Gasteiger partial charge in [0.2, 0.25) is 11.8 Å². The fourth-order valence-corrected chi connectivity index (χ4v) is 2.42. The fourth-order valence-electron chi connectivity index (χ4n) is 2.42. The quantitative estimate of drug-likeness (QED) is 0.780. The average Bonchev–Trinajstić information content (AvgIpc) is 2.93. The number of benzene rings is 1. The molecule has 21 heavy (non-hydrogen) atoms. The van der Waals surface area contributed by atoms with Crippen molar-refractivity contribution in [1.82, 2.24) is 5.32 Å². The molecule has 0 saturated carbocycles. The topological polar surface area (TPSA) is 70.2 Å². The zero-order valence-corrected chi connectivity index (χ0v) is 12.0. The molecule has 0 aliphatic carbocycles. The summed E-state index contributed by atoms with van der Waals surface area (Å²) < 4.78 is 13.5. The summed E-state index contributed by atoms with van der Waals surface area (Å²) in [5, 5.41) is 8.45. The first-order chi connectivity index (χ1) is 10.0. The maximum Gasteiger partial charge on any atom is 0.224 e. The molecular weight excluding hydrogens is 273 g/mol. The predicted octanol–water partition coefficient (Wildman–Crippen LogP) is 2.25. The van der Waals surface area contributed by atoms with Crippen molar-refractivity contribution >= 4 is 23.2 Å². The van der Waals surface area contributed by atoms with Crippen LogP contribution >= 0.6 is 0 Å². The first kappa shape index (κ1) is 15.4. The predicted molar refractivity (Wildman–Crippen MR) is 79.6 cm³/mol. The Balaban J connectivity index is 1.89. The number of rotatable bonds is 5. The number of hydrogen-bond acceptors (Lipinski definition) is 3. The average molecular weight is 293 g/mol. The Hall–Kier alpha value is -1.95. The highest BCUT2D eigenvalue weighted by Gasteiger charge is 2.15. The van der Waals surface area contributed by atoms with Crippen LogP contribution in [-0.4, -0.2) is 24.4 Å². The van der Waals surface area contributed by atoms with E-state index in [-0.39, 0.29) is 17.5 Å². The van der Waals surface area contributed by atoms with Gasteiger partial charge in [0.1, 0.15) is 5.82 Å². The Morgan fingerprint density at radius 1 is 1.38 bits per heavy atom. The maximum atomic E-state index is 13.5. The molecule has 1 aliphatic heterocycles. The minimum atomic E-state index is -0.529. The highest BCUT2D eigenvalue weighted by molar-refractivity contribution is 5.93. The Kier molecular flexibility index (Phi) is 5.27. The second-order valence-corrected chi connectivity index (χ2v) is 5.26. The van der Waals surface area contributed by atoms with E-state index in [4.69, 9.17) is 0 Å². The van der Waals surface area contributed by atoms with E-state index in [2.05, 4.69) is 16.0 Å². The van der Waals surface area contributed by atoms with E-state index in [0.717, 1.165) is 25.8 Å². The van der Waals surface area contributed by atoms with Gasteiger partial charge in [-0.3, -0.25) is 9.59 Å². The normalized spacial score (nSPS) is 17.5. The summed E-state index contributed by atoms with van der Waals surface area (Å²) >= 11 is 0. The molecule has 1 saturated heterocycles. The van der Waals surface area contributed by atoms with Crippen LogP contribution in [0.5, 0.6) is 0 Å². The number of hydrogen-bond donors (Lipinski definition) is 3. The van der Waals surface area contributed by atoms with Crippen molar-refractivity contribution in [3.05, 3.63) is 24.0 Å². The van der Waals surface area contributed by atoms with Crippen molar-refractivity contribution in [3.63, 3.8) is 0 Å². The standard InChI is InChI=1S/C15H20FN3O2/c1-10(20)18-14-9-12(4-6-13(14)16)19-15(21)7-5-11-3-2-8-17-11/h4,6,9,11,17H,2-3,5,7-8H2,1H3,(H,18,20)(H,19,21). The largest absolute Gasteiger partial charge is 0.326 e. The van der Waals surface area contributed by atoms with Gasteiger partial charge in [0.15, 0.2) is 0 Å². The SMILES string of the molecule is CC(=O)Nc1cc(NC(=O)CCC2CCCN2)ccc1F. The molecule has 114 valence electrons. The molecule has 3 N–H and O–H groups in total. The number of carbonyl (C=O) groups is 2. The number of anilines is 2. The third-order valence-corrected chi connectivity index (χ3v) is 3.44. The van der Waals surface area contributed by atoms with Crippen molar-refractivity contribution in [1.29, 1.82) is 0 Å². The lowest BCUT2D eigenvalue weighted by Crippen LogP contribution is -2.23. The highest BCUT2D eigenvalue weighted by atomic mass is 19.1. The Labute approximate surface area is 123 Å². The van der Waals surface area contributed by atoms with Crippen LogP contribution in [0.15, 0.2) is 18.2 Å². The zero-order valence-electron chi connectivity index (χ0n) is 12.0. The molecule has 1 fully saturated rings. The second-order valence-electron chi connectivity index (χ2n) is 5.26. The lowest BCUT2D eigenvalue weighted by molar-refractivity contribution is -0.116. The lowest BCUT2D eigenvalue weighted by Gasteiger charge is -2.11. The summed E-state index contributed by atoms with van der Waals surface area (Å²) in [6.07, 6.45) is 3.48. The monoisotopic (exact) mass is 293 g/mol. The molecular formula is C15H20FN3O2. The zero-order chi connectivity index (χ0) is 15.2. The van der Waals surface area contributed by atoms with Gasteiger partial charge >= 0.3 is 0 Å². The van der Waals surface area contributed by atoms with Gasteiger partial charge in [-0.2, -0.15) is 0 Å². The summed E-state index contributed by atoms with van der Waals surface area (Å²) in [4.78, 5) is 22.8. The minimum Gasteiger partial charge on any atom is -0.326 e.